The Hall–Kier alpha value is -4.16. The monoisotopic (exact) mass is 562 g/mol. The van der Waals surface area contributed by atoms with E-state index in [1.54, 1.807) is 0 Å². The molecule has 3 atom stereocenters. The van der Waals surface area contributed by atoms with Crippen LogP contribution in [0.5, 0.6) is 0 Å². The number of fused-ring (bicyclic) bond motifs is 2. The summed E-state index contributed by atoms with van der Waals surface area (Å²) < 4.78 is 5.66. The minimum Gasteiger partial charge on any atom is -0.368 e. The molecule has 8 rings (SSSR count). The molecule has 1 aliphatic carbocycles. The number of aromatic amines is 2. The number of nitrogens with zero attached hydrogens (tertiary/aromatic N) is 4. The third-order valence-corrected chi connectivity index (χ3v) is 9.19. The fourth-order valence-electron chi connectivity index (χ4n) is 6.83. The standard InChI is InChI=1S/C33H34N6O3/c40-32(22-11-12-22)38-15-1-4-27(38)30-34-23-13-9-20(18-25(23)36-30)7-8-21-10-14-24-26(19-21)37-31(35-24)28-5-2-16-39(28)33(41)29-6-3-17-42-29/h9-10,13-14,18-19,22,27-29H,1-6,11-12,15-17H2,(H,34,36)(H,35,37)/t27-,28-,29-/m0/s1. The largest absolute Gasteiger partial charge is 0.368 e. The molecule has 3 saturated heterocycles. The van der Waals surface area contributed by atoms with E-state index in [1.807, 2.05) is 46.2 Å². The van der Waals surface area contributed by atoms with Crippen molar-refractivity contribution in [2.24, 2.45) is 5.92 Å². The molecule has 1 saturated carbocycles. The molecule has 9 nitrogen and oxygen atoms in total. The van der Waals surface area contributed by atoms with Gasteiger partial charge in [-0.05, 0) is 87.8 Å². The Kier molecular flexibility index (Phi) is 6.25. The van der Waals surface area contributed by atoms with Crippen LogP contribution in [-0.2, 0) is 14.3 Å². The van der Waals surface area contributed by atoms with Crippen molar-refractivity contribution < 1.29 is 14.3 Å². The molecule has 0 unspecified atom stereocenters. The molecule has 2 aromatic carbocycles. The van der Waals surface area contributed by atoms with Crippen molar-refractivity contribution in [3.63, 3.8) is 0 Å². The first-order valence-electron chi connectivity index (χ1n) is 15.3. The van der Waals surface area contributed by atoms with E-state index in [9.17, 15) is 9.59 Å². The zero-order valence-electron chi connectivity index (χ0n) is 23.6. The Morgan fingerprint density at radius 1 is 0.738 bits per heavy atom. The van der Waals surface area contributed by atoms with Gasteiger partial charge in [0.15, 0.2) is 0 Å². The van der Waals surface area contributed by atoms with Crippen molar-refractivity contribution in [3.05, 3.63) is 59.2 Å². The number of nitrogens with one attached hydrogen (secondary N) is 2. The molecule has 5 heterocycles. The van der Waals surface area contributed by atoms with E-state index in [2.05, 4.69) is 21.8 Å². The second-order valence-electron chi connectivity index (χ2n) is 12.1. The van der Waals surface area contributed by atoms with E-state index in [-0.39, 0.29) is 30.0 Å². The summed E-state index contributed by atoms with van der Waals surface area (Å²) in [5.41, 5.74) is 5.42. The lowest BCUT2D eigenvalue weighted by Crippen LogP contribution is -2.38. The average Bonchev–Trinajstić information content (AvgIpc) is 3.59. The van der Waals surface area contributed by atoms with Gasteiger partial charge in [-0.15, -0.1) is 0 Å². The number of hydrogen-bond acceptors (Lipinski definition) is 5. The van der Waals surface area contributed by atoms with E-state index in [4.69, 9.17) is 14.7 Å². The first-order chi connectivity index (χ1) is 20.6. The van der Waals surface area contributed by atoms with Gasteiger partial charge >= 0.3 is 0 Å². The smallest absolute Gasteiger partial charge is 0.252 e. The van der Waals surface area contributed by atoms with Gasteiger partial charge in [-0.3, -0.25) is 9.59 Å². The quantitative estimate of drug-likeness (QED) is 0.349. The summed E-state index contributed by atoms with van der Waals surface area (Å²) in [7, 11) is 0. The van der Waals surface area contributed by atoms with Crippen LogP contribution >= 0.6 is 0 Å². The SMILES string of the molecule is O=C(C1CC1)N1CCC[C@H]1c1nc2ccc(C#Cc3ccc4nc([C@@H]5CCCN5C(=O)[C@@H]5CCCO5)[nH]c4c3)cc2[nH]1. The minimum atomic E-state index is -0.307. The first kappa shape index (κ1) is 25.5. The summed E-state index contributed by atoms with van der Waals surface area (Å²) in [5.74, 6) is 8.91. The molecule has 4 fully saturated rings. The van der Waals surface area contributed by atoms with Gasteiger partial charge in [-0.25, -0.2) is 9.97 Å². The highest BCUT2D eigenvalue weighted by molar-refractivity contribution is 5.83. The predicted octanol–water partition coefficient (Wildman–Crippen LogP) is 4.76. The zero-order chi connectivity index (χ0) is 28.2. The molecule has 0 radical (unpaired) electrons. The summed E-state index contributed by atoms with van der Waals surface area (Å²) in [5, 5.41) is 0. The lowest BCUT2D eigenvalue weighted by Gasteiger charge is -2.25. The van der Waals surface area contributed by atoms with Gasteiger partial charge in [0.25, 0.3) is 5.91 Å². The van der Waals surface area contributed by atoms with Crippen LogP contribution in [0, 0.1) is 17.8 Å². The van der Waals surface area contributed by atoms with E-state index in [0.29, 0.717) is 12.5 Å². The lowest BCUT2D eigenvalue weighted by molar-refractivity contribution is -0.142. The normalized spacial score (nSPS) is 24.0. The molecule has 0 spiro atoms. The van der Waals surface area contributed by atoms with Crippen LogP contribution in [0.2, 0.25) is 0 Å². The van der Waals surface area contributed by atoms with Crippen molar-refractivity contribution in [2.75, 3.05) is 19.7 Å². The molecule has 214 valence electrons. The number of H-pyrrole nitrogens is 2. The summed E-state index contributed by atoms with van der Waals surface area (Å²) in [6, 6.07) is 12.0. The highest BCUT2D eigenvalue weighted by Crippen LogP contribution is 2.38. The van der Waals surface area contributed by atoms with Crippen LogP contribution in [-0.4, -0.2) is 67.4 Å². The van der Waals surface area contributed by atoms with Crippen molar-refractivity contribution in [1.29, 1.82) is 0 Å². The van der Waals surface area contributed by atoms with Crippen LogP contribution in [0.1, 0.15) is 86.2 Å². The minimum absolute atomic E-state index is 0.0385. The molecule has 2 N–H and O–H groups in total. The number of benzene rings is 2. The number of rotatable bonds is 4. The summed E-state index contributed by atoms with van der Waals surface area (Å²) in [4.78, 5) is 46.4. The molecule has 4 aromatic rings. The van der Waals surface area contributed by atoms with Gasteiger partial charge < -0.3 is 24.5 Å². The van der Waals surface area contributed by atoms with Crippen molar-refractivity contribution in [2.45, 2.75) is 69.6 Å². The fourth-order valence-corrected chi connectivity index (χ4v) is 6.83. The van der Waals surface area contributed by atoms with Crippen LogP contribution in [0.25, 0.3) is 22.1 Å². The highest BCUT2D eigenvalue weighted by atomic mass is 16.5. The second kappa shape index (κ2) is 10.3. The number of ether oxygens (including phenoxy) is 1. The summed E-state index contributed by atoms with van der Waals surface area (Å²) in [6.45, 7) is 2.24. The van der Waals surface area contributed by atoms with Crippen LogP contribution < -0.4 is 0 Å². The Balaban J connectivity index is 1.01. The van der Waals surface area contributed by atoms with Crippen LogP contribution in [0.4, 0.5) is 0 Å². The topological polar surface area (TPSA) is 107 Å². The van der Waals surface area contributed by atoms with Crippen molar-refractivity contribution >= 4 is 33.9 Å². The summed E-state index contributed by atoms with van der Waals surface area (Å²) >= 11 is 0. The average molecular weight is 563 g/mol. The number of amides is 2. The molecule has 4 aliphatic rings. The Morgan fingerprint density at radius 2 is 1.31 bits per heavy atom. The van der Waals surface area contributed by atoms with Gasteiger partial charge in [0.2, 0.25) is 5.91 Å². The molecule has 0 bridgehead atoms. The molecule has 2 aromatic heterocycles. The van der Waals surface area contributed by atoms with Gasteiger partial charge in [0, 0.05) is 36.7 Å². The number of aromatic nitrogens is 4. The fraction of sp³-hybridized carbons (Fsp3) is 0.455. The van der Waals surface area contributed by atoms with E-state index < -0.39 is 0 Å². The third-order valence-electron chi connectivity index (χ3n) is 9.19. The number of hydrogen-bond donors (Lipinski definition) is 2. The number of carbonyl (C=O) groups is 2. The van der Waals surface area contributed by atoms with Gasteiger partial charge in [-0.1, -0.05) is 11.8 Å². The van der Waals surface area contributed by atoms with Crippen LogP contribution in [0.15, 0.2) is 36.4 Å². The zero-order valence-corrected chi connectivity index (χ0v) is 23.6. The van der Waals surface area contributed by atoms with Crippen LogP contribution in [0.3, 0.4) is 0 Å². The number of imidazole rings is 2. The van der Waals surface area contributed by atoms with E-state index in [1.165, 1.54) is 0 Å². The number of carbonyl (C=O) groups excluding carboxylic acids is 2. The molecular weight excluding hydrogens is 528 g/mol. The maximum atomic E-state index is 13.1. The third kappa shape index (κ3) is 4.64. The molecule has 3 aliphatic heterocycles. The van der Waals surface area contributed by atoms with Crippen molar-refractivity contribution in [3.8, 4) is 11.8 Å². The maximum absolute atomic E-state index is 13.1. The predicted molar refractivity (Wildman–Crippen MR) is 157 cm³/mol. The number of likely N-dealkylation sites (tertiary alicyclic amines) is 2. The molecular formula is C33H34N6O3. The Labute approximate surface area is 244 Å². The second-order valence-corrected chi connectivity index (χ2v) is 12.1. The van der Waals surface area contributed by atoms with Gasteiger partial charge in [0.1, 0.15) is 17.8 Å². The van der Waals surface area contributed by atoms with E-state index >= 15 is 0 Å². The molecule has 42 heavy (non-hydrogen) atoms. The highest BCUT2D eigenvalue weighted by Gasteiger charge is 2.40. The first-order valence-corrected chi connectivity index (χ1v) is 15.3. The lowest BCUT2D eigenvalue weighted by atomic mass is 10.1. The van der Waals surface area contributed by atoms with Crippen molar-refractivity contribution in [1.82, 2.24) is 29.7 Å². The van der Waals surface area contributed by atoms with Gasteiger partial charge in [-0.2, -0.15) is 0 Å². The Bertz CT molecular complexity index is 1750. The maximum Gasteiger partial charge on any atom is 0.252 e. The summed E-state index contributed by atoms with van der Waals surface area (Å²) in [6.07, 6.45) is 7.33. The molecule has 2 amide bonds. The van der Waals surface area contributed by atoms with Gasteiger partial charge in [0.05, 0.1) is 34.2 Å². The molecule has 9 heteroatoms. The van der Waals surface area contributed by atoms with E-state index in [0.717, 1.165) is 109 Å². The Morgan fingerprint density at radius 3 is 1.83 bits per heavy atom.